The quantitative estimate of drug-likeness (QED) is 0.164. The zero-order valence-electron chi connectivity index (χ0n) is 29.8. The minimum Gasteiger partial charge on any atom is -0.0616 e. The van der Waals surface area contributed by atoms with Crippen molar-refractivity contribution in [1.82, 2.24) is 0 Å². The Balaban J connectivity index is 1.21. The first-order chi connectivity index (χ1) is 26.0. The molecule has 0 unspecified atom stereocenters. The van der Waals surface area contributed by atoms with E-state index in [-0.39, 0.29) is 5.41 Å². The molecule has 0 heterocycles. The van der Waals surface area contributed by atoms with Crippen molar-refractivity contribution in [2.24, 2.45) is 0 Å². The molecular formula is C53H36. The summed E-state index contributed by atoms with van der Waals surface area (Å²) in [4.78, 5) is 0. The maximum absolute atomic E-state index is 2.46. The monoisotopic (exact) mass is 672 g/mol. The molecule has 0 aliphatic heterocycles. The summed E-state index contributed by atoms with van der Waals surface area (Å²) in [6.07, 6.45) is 0. The molecule has 0 fully saturated rings. The van der Waals surface area contributed by atoms with E-state index in [1.54, 1.807) is 0 Å². The highest BCUT2D eigenvalue weighted by Crippen LogP contribution is 2.53. The van der Waals surface area contributed by atoms with Gasteiger partial charge in [-0.1, -0.05) is 172 Å². The van der Waals surface area contributed by atoms with E-state index in [1.165, 1.54) is 109 Å². The Morgan fingerprint density at radius 3 is 1.40 bits per heavy atom. The van der Waals surface area contributed by atoms with Gasteiger partial charge in [-0.15, -0.1) is 0 Å². The van der Waals surface area contributed by atoms with Crippen molar-refractivity contribution < 1.29 is 0 Å². The van der Waals surface area contributed by atoms with Crippen molar-refractivity contribution in [3.8, 4) is 44.5 Å². The summed E-state index contributed by atoms with van der Waals surface area (Å²) in [6, 6.07) is 68.1. The topological polar surface area (TPSA) is 0 Å². The van der Waals surface area contributed by atoms with Crippen LogP contribution in [0.4, 0.5) is 0 Å². The van der Waals surface area contributed by atoms with E-state index in [9.17, 15) is 0 Å². The van der Waals surface area contributed by atoms with E-state index in [2.05, 4.69) is 196 Å². The lowest BCUT2D eigenvalue weighted by atomic mass is 9.81. The molecule has 0 atom stereocenters. The Labute approximate surface area is 309 Å². The largest absolute Gasteiger partial charge is 0.0616 e. The average molecular weight is 673 g/mol. The van der Waals surface area contributed by atoms with Crippen LogP contribution in [0.5, 0.6) is 0 Å². The van der Waals surface area contributed by atoms with Crippen LogP contribution in [0.1, 0.15) is 25.0 Å². The van der Waals surface area contributed by atoms with Crippen molar-refractivity contribution in [2.45, 2.75) is 19.3 Å². The molecule has 0 aromatic heterocycles. The van der Waals surface area contributed by atoms with Crippen LogP contribution in [0, 0.1) is 0 Å². The Morgan fingerprint density at radius 1 is 0.283 bits per heavy atom. The highest BCUT2D eigenvalue weighted by molar-refractivity contribution is 6.22. The summed E-state index contributed by atoms with van der Waals surface area (Å²) in [5, 5.41) is 12.7. The van der Waals surface area contributed by atoms with Gasteiger partial charge in [0.15, 0.2) is 0 Å². The summed E-state index contributed by atoms with van der Waals surface area (Å²) >= 11 is 0. The van der Waals surface area contributed by atoms with Crippen molar-refractivity contribution in [3.05, 3.63) is 193 Å². The molecule has 11 rings (SSSR count). The molecule has 0 spiro atoms. The summed E-state index contributed by atoms with van der Waals surface area (Å²) < 4.78 is 0. The van der Waals surface area contributed by atoms with Gasteiger partial charge in [-0.25, -0.2) is 0 Å². The van der Waals surface area contributed by atoms with Crippen LogP contribution in [0.15, 0.2) is 182 Å². The van der Waals surface area contributed by atoms with Gasteiger partial charge < -0.3 is 0 Å². The average Bonchev–Trinajstić information content (AvgIpc) is 3.44. The molecule has 0 N–H and O–H groups in total. The smallest absolute Gasteiger partial charge is 0.0159 e. The summed E-state index contributed by atoms with van der Waals surface area (Å²) in [5.74, 6) is 0. The lowest BCUT2D eigenvalue weighted by Gasteiger charge is -2.22. The highest BCUT2D eigenvalue weighted by atomic mass is 14.4. The first-order valence-electron chi connectivity index (χ1n) is 18.7. The molecule has 0 nitrogen and oxygen atoms in total. The first kappa shape index (κ1) is 30.2. The lowest BCUT2D eigenvalue weighted by molar-refractivity contribution is 0.661. The second-order valence-corrected chi connectivity index (χ2v) is 15.3. The standard InChI is InChI=1S/C53H36/c1-53(2)48-27-25-39(32-47(48)52-42-16-8-7-13-35(42)24-28-49(52)53)38-23-26-45-46(31-38)51(41-22-20-34-12-4-6-15-37(34)30-41)44-18-10-9-17-43(44)50(45)40-21-19-33-11-3-5-14-36(33)29-40/h3-32H,1-2H3. The third-order valence-electron chi connectivity index (χ3n) is 12.0. The predicted octanol–water partition coefficient (Wildman–Crippen LogP) is 14.8. The van der Waals surface area contributed by atoms with Crippen molar-refractivity contribution in [3.63, 3.8) is 0 Å². The van der Waals surface area contributed by atoms with Crippen LogP contribution < -0.4 is 0 Å². The van der Waals surface area contributed by atoms with Crippen molar-refractivity contribution >= 4 is 53.9 Å². The number of hydrogen-bond acceptors (Lipinski definition) is 0. The van der Waals surface area contributed by atoms with E-state index in [0.717, 1.165) is 0 Å². The van der Waals surface area contributed by atoms with Gasteiger partial charge in [-0.3, -0.25) is 0 Å². The van der Waals surface area contributed by atoms with Gasteiger partial charge in [0.2, 0.25) is 0 Å². The zero-order valence-corrected chi connectivity index (χ0v) is 29.8. The number of hydrogen-bond donors (Lipinski definition) is 0. The number of rotatable bonds is 3. The third kappa shape index (κ3) is 4.49. The molecule has 10 aromatic rings. The lowest BCUT2D eigenvalue weighted by Crippen LogP contribution is -2.14. The Morgan fingerprint density at radius 2 is 0.736 bits per heavy atom. The normalized spacial score (nSPS) is 13.2. The summed E-state index contributed by atoms with van der Waals surface area (Å²) in [6.45, 7) is 4.74. The fourth-order valence-corrected chi connectivity index (χ4v) is 9.37. The molecule has 0 heteroatoms. The van der Waals surface area contributed by atoms with E-state index in [1.807, 2.05) is 0 Å². The first-order valence-corrected chi connectivity index (χ1v) is 18.7. The molecule has 0 amide bonds. The summed E-state index contributed by atoms with van der Waals surface area (Å²) in [5.41, 5.74) is 13.0. The SMILES string of the molecule is CC1(C)c2ccc(-c3ccc4c(-c5ccc6ccccc6c5)c5ccccc5c(-c5ccc6ccccc6c5)c4c3)cc2-c2c1ccc1ccccc21. The maximum atomic E-state index is 2.46. The van der Waals surface area contributed by atoms with Gasteiger partial charge in [-0.05, 0) is 134 Å². The molecule has 0 bridgehead atoms. The van der Waals surface area contributed by atoms with E-state index in [4.69, 9.17) is 0 Å². The fourth-order valence-electron chi connectivity index (χ4n) is 9.37. The summed E-state index contributed by atoms with van der Waals surface area (Å²) in [7, 11) is 0. The van der Waals surface area contributed by atoms with Crippen molar-refractivity contribution in [1.29, 1.82) is 0 Å². The van der Waals surface area contributed by atoms with Gasteiger partial charge >= 0.3 is 0 Å². The van der Waals surface area contributed by atoms with Crippen molar-refractivity contribution in [2.75, 3.05) is 0 Å². The molecule has 1 aliphatic carbocycles. The maximum Gasteiger partial charge on any atom is 0.0159 e. The number of fused-ring (bicyclic) bond motifs is 9. The minimum absolute atomic E-state index is 0.0620. The Kier molecular flexibility index (Phi) is 6.40. The van der Waals surface area contributed by atoms with Gasteiger partial charge in [0, 0.05) is 5.41 Å². The molecule has 1 aliphatic rings. The minimum atomic E-state index is -0.0620. The van der Waals surface area contributed by atoms with Crippen LogP contribution >= 0.6 is 0 Å². The molecule has 10 aromatic carbocycles. The molecule has 0 saturated heterocycles. The molecule has 0 radical (unpaired) electrons. The molecule has 53 heavy (non-hydrogen) atoms. The Bertz CT molecular complexity index is 3140. The second-order valence-electron chi connectivity index (χ2n) is 15.3. The van der Waals surface area contributed by atoms with Crippen LogP contribution in [0.3, 0.4) is 0 Å². The van der Waals surface area contributed by atoms with Gasteiger partial charge in [0.05, 0.1) is 0 Å². The van der Waals surface area contributed by atoms with Crippen LogP contribution in [-0.2, 0) is 5.41 Å². The van der Waals surface area contributed by atoms with Crippen LogP contribution in [0.2, 0.25) is 0 Å². The van der Waals surface area contributed by atoms with E-state index >= 15 is 0 Å². The highest BCUT2D eigenvalue weighted by Gasteiger charge is 2.36. The molecule has 248 valence electrons. The third-order valence-corrected chi connectivity index (χ3v) is 12.0. The van der Waals surface area contributed by atoms with Crippen LogP contribution in [-0.4, -0.2) is 0 Å². The van der Waals surface area contributed by atoms with Crippen LogP contribution in [0.25, 0.3) is 98.4 Å². The zero-order chi connectivity index (χ0) is 35.3. The molecular weight excluding hydrogens is 637 g/mol. The fraction of sp³-hybridized carbons (Fsp3) is 0.0566. The Hall–Kier alpha value is -6.50. The van der Waals surface area contributed by atoms with E-state index < -0.39 is 0 Å². The van der Waals surface area contributed by atoms with Gasteiger partial charge in [0.1, 0.15) is 0 Å². The second kappa shape index (κ2) is 11.2. The number of benzene rings is 10. The molecule has 0 saturated carbocycles. The predicted molar refractivity (Wildman–Crippen MR) is 228 cm³/mol. The van der Waals surface area contributed by atoms with E-state index in [0.29, 0.717) is 0 Å². The van der Waals surface area contributed by atoms with Gasteiger partial charge in [-0.2, -0.15) is 0 Å². The van der Waals surface area contributed by atoms with Gasteiger partial charge in [0.25, 0.3) is 0 Å².